The first-order valence-electron chi connectivity index (χ1n) is 47.4. The van der Waals surface area contributed by atoms with E-state index in [1.165, 1.54) is 20.3 Å². The number of carbonyl (C=O) groups excluding carboxylic acids is 9. The summed E-state index contributed by atoms with van der Waals surface area (Å²) in [6, 6.07) is 14.8. The summed E-state index contributed by atoms with van der Waals surface area (Å²) in [6.07, 6.45) is 19.9. The molecule has 6 aliphatic heterocycles. The van der Waals surface area contributed by atoms with Crippen molar-refractivity contribution in [1.82, 2.24) is 44.6 Å². The van der Waals surface area contributed by atoms with Crippen LogP contribution in [0.5, 0.6) is 34.9 Å². The van der Waals surface area contributed by atoms with Gasteiger partial charge in [0.15, 0.2) is 11.6 Å². The Hall–Kier alpha value is -9.11. The molecule has 20 atom stereocenters. The molecule has 10 aliphatic rings. The Morgan fingerprint density at radius 1 is 0.457 bits per heavy atom. The third kappa shape index (κ3) is 22.3. The smallest absolute Gasteiger partial charge is 0.307 e. The molecule has 2 unspecified atom stereocenters. The van der Waals surface area contributed by atoms with Crippen LogP contribution in [0, 0.1) is 81.3 Å². The van der Waals surface area contributed by atoms with Crippen LogP contribution in [0.4, 0.5) is 0 Å². The zero-order valence-corrected chi connectivity index (χ0v) is 80.5. The summed E-state index contributed by atoms with van der Waals surface area (Å²) < 4.78 is 54.1. The van der Waals surface area contributed by atoms with Gasteiger partial charge in [0, 0.05) is 54.5 Å². The predicted octanol–water partition coefficient (Wildman–Crippen LogP) is 16.1. The van der Waals surface area contributed by atoms with Gasteiger partial charge >= 0.3 is 17.9 Å². The average Bonchev–Trinajstić information content (AvgIpc) is 1.61. The molecule has 1 radical (unpaired) electrons. The molecule has 0 spiro atoms. The van der Waals surface area contributed by atoms with Gasteiger partial charge in [-0.3, -0.25) is 38.4 Å². The summed E-state index contributed by atoms with van der Waals surface area (Å²) in [6.45, 7) is 29.3. The Balaban J connectivity index is 0.000000165. The molecule has 16 rings (SSSR count). The van der Waals surface area contributed by atoms with Crippen LogP contribution in [0.2, 0.25) is 0 Å². The second-order valence-corrected chi connectivity index (χ2v) is 41.6. The molecule has 9 heterocycles. The summed E-state index contributed by atoms with van der Waals surface area (Å²) in [7, 11) is 4.85. The van der Waals surface area contributed by atoms with Crippen molar-refractivity contribution >= 4 is 86.6 Å². The van der Waals surface area contributed by atoms with Crippen LogP contribution in [-0.2, 0) is 95.2 Å². The summed E-state index contributed by atoms with van der Waals surface area (Å²) in [5.41, 5.74) is 4.67. The quantitative estimate of drug-likeness (QED) is 0.0776. The van der Waals surface area contributed by atoms with E-state index < -0.39 is 76.0 Å². The van der Waals surface area contributed by atoms with Gasteiger partial charge in [0.2, 0.25) is 35.4 Å². The van der Waals surface area contributed by atoms with E-state index >= 15 is 0 Å². The number of esters is 3. The summed E-state index contributed by atoms with van der Waals surface area (Å²) in [5, 5.41) is 0. The molecule has 6 aromatic rings. The summed E-state index contributed by atoms with van der Waals surface area (Å²) >= 11 is 0. The molecule has 3 aromatic heterocycles. The number of hydrogen-bond acceptors (Lipinski definition) is 24. The number of nitrogens with zero attached hydrogens (tertiary/aromatic N) is 9. The van der Waals surface area contributed by atoms with Crippen molar-refractivity contribution in [3.8, 4) is 34.9 Å². The third-order valence-electron chi connectivity index (χ3n) is 29.5. The van der Waals surface area contributed by atoms with Crippen LogP contribution >= 0.6 is 0 Å². The largest absolute Gasteiger partial charge is 0.540 e. The Kier molecular flexibility index (Phi) is 30.6. The van der Waals surface area contributed by atoms with Crippen molar-refractivity contribution in [2.24, 2.45) is 81.3 Å². The second-order valence-electron chi connectivity index (χ2n) is 41.6. The Labute approximate surface area is 772 Å². The monoisotopic (exact) mass is 1810 g/mol. The Morgan fingerprint density at radius 3 is 1.26 bits per heavy atom. The van der Waals surface area contributed by atoms with Gasteiger partial charge in [-0.05, 0) is 199 Å². The van der Waals surface area contributed by atoms with Crippen molar-refractivity contribution in [3.05, 3.63) is 71.7 Å². The molecule has 6 bridgehead atoms. The molecular weight excluding hydrogens is 1680 g/mol. The molecule has 3 amide bonds. The number of amides is 3. The van der Waals surface area contributed by atoms with Crippen molar-refractivity contribution in [2.45, 2.75) is 312 Å². The van der Waals surface area contributed by atoms with Crippen LogP contribution in [0.3, 0.4) is 0 Å². The van der Waals surface area contributed by atoms with Crippen molar-refractivity contribution < 1.29 is 104 Å². The first-order valence-corrected chi connectivity index (χ1v) is 47.4. The SMILES string of the molecule is CC[C@@H]1[C@@H]2CN(C(=O)[C@H](C(C)(C)C)CC(=O)O[C@@H]3C[C@H]3CCCCCc3nc4ccc(OC)cc4nc3O2)[C@@H]1C(C)=O.CC[C@@H]1[C@@H]2CN(C(=O)[C@H](C(C)(C)C)CC(=O)O[C@]3(C)C[C@H]3CCCCCc3nc4ccc(OC)cc4nc3O2)[C@@H]1C(C)=O.COc1ccc2nc3c(nc2c1)O[C@H]1CN(C(=O)[C@H](C(C)(C)C)CC(=O)O[C@@H]2CC4CC4[C@H]2CCCCC3)[C@H]([C-]=O)[C@@H]1C.[V]. The maximum absolute atomic E-state index is 14.3. The molecule has 0 N–H and O–H groups in total. The molecule has 699 valence electrons. The van der Waals surface area contributed by atoms with Crippen molar-refractivity contribution in [1.29, 1.82) is 0 Å². The minimum Gasteiger partial charge on any atom is -0.540 e. The van der Waals surface area contributed by atoms with Gasteiger partial charge in [0.25, 0.3) is 0 Å². The molecule has 4 saturated carbocycles. The fraction of sp³-hybridized carbons (Fsp3) is 0.673. The molecule has 28 heteroatoms. The van der Waals surface area contributed by atoms with Gasteiger partial charge in [-0.15, -0.1) is 0 Å². The maximum Gasteiger partial charge on any atom is 0.307 e. The molecule has 27 nitrogen and oxygen atoms in total. The van der Waals surface area contributed by atoms with E-state index in [1.807, 2.05) is 145 Å². The van der Waals surface area contributed by atoms with Gasteiger partial charge in [0.05, 0.1) is 123 Å². The molecule has 4 aliphatic carbocycles. The van der Waals surface area contributed by atoms with Crippen molar-refractivity contribution in [3.63, 3.8) is 0 Å². The number of carbonyl (C=O) groups is 8. The number of hydrogen-bond donors (Lipinski definition) is 0. The normalized spacial score (nSPS) is 30.7. The third-order valence-corrected chi connectivity index (χ3v) is 29.5. The van der Waals surface area contributed by atoms with E-state index in [1.54, 1.807) is 36.0 Å². The van der Waals surface area contributed by atoms with E-state index in [4.69, 9.17) is 72.5 Å². The van der Waals surface area contributed by atoms with Crippen LogP contribution in [0.15, 0.2) is 54.6 Å². The minimum absolute atomic E-state index is 0. The van der Waals surface area contributed by atoms with Crippen molar-refractivity contribution in [2.75, 3.05) is 41.0 Å². The van der Waals surface area contributed by atoms with Gasteiger partial charge in [-0.2, -0.15) is 0 Å². The van der Waals surface area contributed by atoms with E-state index in [9.17, 15) is 43.2 Å². The summed E-state index contributed by atoms with van der Waals surface area (Å²) in [5.74, 6) is 1.33. The van der Waals surface area contributed by atoms with Gasteiger partial charge < -0.3 is 62.1 Å². The van der Waals surface area contributed by atoms with Crippen LogP contribution < -0.4 is 28.4 Å². The molecule has 3 aromatic carbocycles. The topological polar surface area (TPSA) is 324 Å². The minimum atomic E-state index is -0.788. The number of aryl methyl sites for hydroxylation is 3. The number of methoxy groups -OCH3 is 3. The Morgan fingerprint density at radius 2 is 0.845 bits per heavy atom. The number of Topliss-reactive ketones (excluding diaryl/α,β-unsaturated/α-hetero) is 2. The number of ketones is 2. The second kappa shape index (κ2) is 40.5. The molecular formula is C101H136N9O18V-. The number of benzene rings is 3. The number of fused-ring (bicyclic) bond motifs is 17. The van der Waals surface area contributed by atoms with E-state index in [0.29, 0.717) is 113 Å². The maximum atomic E-state index is 14.3. The number of aromatic nitrogens is 6. The van der Waals surface area contributed by atoms with E-state index in [2.05, 4.69) is 6.29 Å². The van der Waals surface area contributed by atoms with Gasteiger partial charge in [-0.25, -0.2) is 36.2 Å². The van der Waals surface area contributed by atoms with Gasteiger partial charge in [-0.1, -0.05) is 128 Å². The zero-order valence-electron chi connectivity index (χ0n) is 79.1. The number of rotatable bonds is 8. The van der Waals surface area contributed by atoms with E-state index in [-0.39, 0.29) is 135 Å². The average molecular weight is 1820 g/mol. The molecule has 3 saturated heterocycles. The van der Waals surface area contributed by atoms with E-state index in [0.717, 1.165) is 130 Å². The predicted molar refractivity (Wildman–Crippen MR) is 481 cm³/mol. The fourth-order valence-electron chi connectivity index (χ4n) is 21.4. The first-order chi connectivity index (χ1) is 60.9. The summed E-state index contributed by atoms with van der Waals surface area (Å²) in [4.78, 5) is 155. The Bertz CT molecular complexity index is 5110. The molecule has 129 heavy (non-hydrogen) atoms. The molecule has 7 fully saturated rings. The number of ether oxygens (including phenoxy) is 9. The fourth-order valence-corrected chi connectivity index (χ4v) is 21.4. The van der Waals surface area contributed by atoms with Crippen LogP contribution in [-0.4, -0.2) is 193 Å². The van der Waals surface area contributed by atoms with Crippen LogP contribution in [0.1, 0.15) is 256 Å². The first kappa shape index (κ1) is 97.4. The van der Waals surface area contributed by atoms with Crippen LogP contribution in [0.25, 0.3) is 33.1 Å². The zero-order chi connectivity index (χ0) is 91.8. The van der Waals surface area contributed by atoms with Gasteiger partial charge in [0.1, 0.15) is 70.5 Å². The standard InChI is InChI=1S/C34H44N3O6.C34H47N3O6.C33H45N3O6.V/c1-19-28(18-38)37-17-30(19)43-32-26(35-25-12-11-21(41-5)15-27(25)36-32)10-8-6-7-9-22-23-13-20(23)14-29(22)42-31(39)16-24(33(37)40)34(2,3)4;1-8-23-28-19-37(30(23)20(2)38)32(40)24(33(3,4)5)17-29(39)43-34(6)18-21(34)12-10-9-11-13-26-31(42-28)36-27-16-22(41-7)14-15-25(27)35-26;1-7-22-28-18-36(30(22)19(2)37)32(39)23(33(3,4)5)17-29(38)41-27-15-20(27)11-9-8-10-12-25-31(42-28)35-26-16-21(40-6)13-14-24(26)34-25;/h11-12,15,19-20,22-24,28-30H,6-10,13-14,16-17H2,1-5H3;14-16,21,23-24,28,30H,8-13,17-19H2,1-7H3;13-14,16,20,22-23,27-28,30H,7-12,15,17-18H2,1-6H3;/q-1;;;/t19-,20?,22+,23?,24+,28+,29+,30-;21-,23-,24-,28+,30-,34-;20-,22-,23-,27-,28+,30-;/m011./s1.